The van der Waals surface area contributed by atoms with Crippen LogP contribution in [0.5, 0.6) is 0 Å². The van der Waals surface area contributed by atoms with Crippen molar-refractivity contribution in [2.45, 2.75) is 19.9 Å². The number of hydrogen-bond donors (Lipinski definition) is 0. The van der Waals surface area contributed by atoms with Crippen LogP contribution in [0.1, 0.15) is 17.0 Å². The molecule has 0 spiro atoms. The number of hydrogen-bond acceptors (Lipinski definition) is 2. The molecule has 0 bridgehead atoms. The van der Waals surface area contributed by atoms with Crippen LogP contribution in [0.3, 0.4) is 0 Å². The van der Waals surface area contributed by atoms with Crippen LogP contribution in [0, 0.1) is 6.92 Å². The largest absolute Gasteiger partial charge is 0.302 e. The summed E-state index contributed by atoms with van der Waals surface area (Å²) in [6.07, 6.45) is 1.10. The van der Waals surface area contributed by atoms with Crippen molar-refractivity contribution in [1.29, 1.82) is 0 Å². The van der Waals surface area contributed by atoms with Crippen LogP contribution in [0.4, 0.5) is 0 Å². The first-order valence-corrected chi connectivity index (χ1v) is 4.39. The van der Waals surface area contributed by atoms with Gasteiger partial charge in [-0.15, -0.1) is 0 Å². The highest BCUT2D eigenvalue weighted by Gasteiger charge is 2.13. The Kier molecular flexibility index (Phi) is 1.85. The predicted octanol–water partition coefficient (Wildman–Crippen LogP) is 1.38. The smallest absolute Gasteiger partial charge is 0.0464 e. The van der Waals surface area contributed by atoms with Gasteiger partial charge in [0.15, 0.2) is 0 Å². The van der Waals surface area contributed by atoms with Crippen LogP contribution >= 0.6 is 0 Å². The van der Waals surface area contributed by atoms with Crippen molar-refractivity contribution >= 4 is 0 Å². The van der Waals surface area contributed by atoms with Crippen LogP contribution in [-0.2, 0) is 13.0 Å². The normalized spacial score (nSPS) is 17.5. The summed E-state index contributed by atoms with van der Waals surface area (Å²) in [6, 6.07) is 4.30. The van der Waals surface area contributed by atoms with Gasteiger partial charge in [0, 0.05) is 30.9 Å². The van der Waals surface area contributed by atoms with E-state index in [1.807, 2.05) is 0 Å². The quantitative estimate of drug-likeness (QED) is 0.573. The van der Waals surface area contributed by atoms with E-state index in [2.05, 4.69) is 36.0 Å². The lowest BCUT2D eigenvalue weighted by atomic mass is 10.1. The zero-order valence-corrected chi connectivity index (χ0v) is 7.67. The highest BCUT2D eigenvalue weighted by molar-refractivity contribution is 5.24. The second kappa shape index (κ2) is 2.87. The van der Waals surface area contributed by atoms with Gasteiger partial charge in [-0.2, -0.15) is 0 Å². The zero-order chi connectivity index (χ0) is 8.55. The molecule has 2 nitrogen and oxygen atoms in total. The molecular weight excluding hydrogens is 148 g/mol. The number of rotatable bonds is 0. The first-order chi connectivity index (χ1) is 5.75. The topological polar surface area (TPSA) is 16.1 Å². The summed E-state index contributed by atoms with van der Waals surface area (Å²) in [5.41, 5.74) is 3.83. The molecule has 2 rings (SSSR count). The highest BCUT2D eigenvalue weighted by atomic mass is 15.1. The molecule has 0 aromatic carbocycles. The van der Waals surface area contributed by atoms with Crippen molar-refractivity contribution < 1.29 is 0 Å². The fourth-order valence-electron chi connectivity index (χ4n) is 1.67. The molecule has 12 heavy (non-hydrogen) atoms. The molecule has 0 aliphatic carbocycles. The van der Waals surface area contributed by atoms with E-state index in [0.29, 0.717) is 0 Å². The second-order valence-electron chi connectivity index (χ2n) is 3.55. The van der Waals surface area contributed by atoms with Gasteiger partial charge in [-0.25, -0.2) is 0 Å². The van der Waals surface area contributed by atoms with Crippen LogP contribution in [0.2, 0.25) is 0 Å². The average Bonchev–Trinajstić information content (AvgIpc) is 2.05. The molecule has 1 aromatic rings. The molecule has 0 fully saturated rings. The molecule has 2 heteroatoms. The Labute approximate surface area is 73.2 Å². The van der Waals surface area contributed by atoms with E-state index in [0.717, 1.165) is 25.2 Å². The van der Waals surface area contributed by atoms with Crippen molar-refractivity contribution in [2.75, 3.05) is 13.6 Å². The Morgan fingerprint density at radius 3 is 3.08 bits per heavy atom. The number of aryl methyl sites for hydroxylation is 1. The van der Waals surface area contributed by atoms with Crippen molar-refractivity contribution in [3.05, 3.63) is 29.1 Å². The summed E-state index contributed by atoms with van der Waals surface area (Å²) in [7, 11) is 2.16. The molecule has 0 saturated carbocycles. The van der Waals surface area contributed by atoms with Gasteiger partial charge in [0.25, 0.3) is 0 Å². The average molecular weight is 162 g/mol. The molecule has 0 atom stereocenters. The third-order valence-corrected chi connectivity index (χ3v) is 2.38. The predicted molar refractivity (Wildman–Crippen MR) is 49.0 cm³/mol. The molecule has 1 aromatic heterocycles. The third-order valence-electron chi connectivity index (χ3n) is 2.38. The first kappa shape index (κ1) is 7.74. The number of nitrogens with zero attached hydrogens (tertiary/aromatic N) is 2. The Morgan fingerprint density at radius 2 is 2.25 bits per heavy atom. The molecule has 0 N–H and O–H groups in total. The molecule has 0 amide bonds. The Hall–Kier alpha value is -0.890. The van der Waals surface area contributed by atoms with Crippen LogP contribution in [-0.4, -0.2) is 23.5 Å². The standard InChI is InChI=1S/C10H14N2/c1-8-3-4-9-7-12(2)6-5-10(9)11-8/h3-4H,5-7H2,1-2H3. The SMILES string of the molecule is Cc1ccc2c(n1)CCN(C)C2. The van der Waals surface area contributed by atoms with Crippen LogP contribution in [0.25, 0.3) is 0 Å². The Balaban J connectivity index is 2.37. The molecule has 0 radical (unpaired) electrons. The van der Waals surface area contributed by atoms with Gasteiger partial charge in [0.2, 0.25) is 0 Å². The summed E-state index contributed by atoms with van der Waals surface area (Å²) in [5, 5.41) is 0. The fraction of sp³-hybridized carbons (Fsp3) is 0.500. The number of likely N-dealkylation sites (N-methyl/N-ethyl adjacent to an activating group) is 1. The zero-order valence-electron chi connectivity index (χ0n) is 7.67. The van der Waals surface area contributed by atoms with E-state index in [1.165, 1.54) is 11.3 Å². The minimum atomic E-state index is 1.06. The van der Waals surface area contributed by atoms with E-state index in [-0.39, 0.29) is 0 Å². The molecule has 64 valence electrons. The highest BCUT2D eigenvalue weighted by Crippen LogP contribution is 2.15. The molecule has 2 heterocycles. The molecular formula is C10H14N2. The number of pyridine rings is 1. The number of fused-ring (bicyclic) bond motifs is 1. The van der Waals surface area contributed by atoms with E-state index >= 15 is 0 Å². The van der Waals surface area contributed by atoms with Gasteiger partial charge in [-0.05, 0) is 25.6 Å². The lowest BCUT2D eigenvalue weighted by molar-refractivity contribution is 0.309. The van der Waals surface area contributed by atoms with E-state index < -0.39 is 0 Å². The molecule has 1 aliphatic heterocycles. The van der Waals surface area contributed by atoms with Gasteiger partial charge >= 0.3 is 0 Å². The van der Waals surface area contributed by atoms with Crippen LogP contribution < -0.4 is 0 Å². The maximum Gasteiger partial charge on any atom is 0.0464 e. The summed E-state index contributed by atoms with van der Waals surface area (Å²) in [4.78, 5) is 6.85. The first-order valence-electron chi connectivity index (χ1n) is 4.39. The second-order valence-corrected chi connectivity index (χ2v) is 3.55. The third kappa shape index (κ3) is 1.34. The minimum absolute atomic E-state index is 1.06. The van der Waals surface area contributed by atoms with Gasteiger partial charge in [-0.3, -0.25) is 4.98 Å². The Morgan fingerprint density at radius 1 is 1.42 bits per heavy atom. The number of aromatic nitrogens is 1. The fourth-order valence-corrected chi connectivity index (χ4v) is 1.67. The maximum atomic E-state index is 4.52. The van der Waals surface area contributed by atoms with Crippen molar-refractivity contribution in [2.24, 2.45) is 0 Å². The minimum Gasteiger partial charge on any atom is -0.302 e. The van der Waals surface area contributed by atoms with Crippen molar-refractivity contribution in [1.82, 2.24) is 9.88 Å². The van der Waals surface area contributed by atoms with Crippen molar-refractivity contribution in [3.8, 4) is 0 Å². The monoisotopic (exact) mass is 162 g/mol. The lowest BCUT2D eigenvalue weighted by Gasteiger charge is -2.24. The van der Waals surface area contributed by atoms with Crippen LogP contribution in [0.15, 0.2) is 12.1 Å². The van der Waals surface area contributed by atoms with E-state index in [4.69, 9.17) is 0 Å². The van der Waals surface area contributed by atoms with E-state index in [9.17, 15) is 0 Å². The Bertz CT molecular complexity index is 294. The van der Waals surface area contributed by atoms with Gasteiger partial charge in [0.05, 0.1) is 0 Å². The van der Waals surface area contributed by atoms with Gasteiger partial charge < -0.3 is 4.90 Å². The van der Waals surface area contributed by atoms with E-state index in [1.54, 1.807) is 0 Å². The summed E-state index contributed by atoms with van der Waals surface area (Å²) >= 11 is 0. The summed E-state index contributed by atoms with van der Waals surface area (Å²) in [6.45, 7) is 4.25. The van der Waals surface area contributed by atoms with Crippen molar-refractivity contribution in [3.63, 3.8) is 0 Å². The summed E-state index contributed by atoms with van der Waals surface area (Å²) in [5.74, 6) is 0. The molecule has 1 aliphatic rings. The maximum absolute atomic E-state index is 4.52. The molecule has 0 unspecified atom stereocenters. The lowest BCUT2D eigenvalue weighted by Crippen LogP contribution is -2.27. The molecule has 0 saturated heterocycles. The van der Waals surface area contributed by atoms with Gasteiger partial charge in [0.1, 0.15) is 0 Å². The van der Waals surface area contributed by atoms with Gasteiger partial charge in [-0.1, -0.05) is 6.07 Å². The summed E-state index contributed by atoms with van der Waals surface area (Å²) < 4.78 is 0.